The number of Topliss-reactive ketones (excluding diaryl/α,β-unsaturated/α-hetero) is 1. The Hall–Kier alpha value is -1.57. The molecule has 122 valence electrons. The van der Waals surface area contributed by atoms with Crippen molar-refractivity contribution in [2.45, 2.75) is 64.7 Å². The van der Waals surface area contributed by atoms with Gasteiger partial charge in [-0.3, -0.25) is 4.79 Å². The molecule has 22 heavy (non-hydrogen) atoms. The number of ether oxygens (including phenoxy) is 1. The molecule has 0 fully saturated rings. The van der Waals surface area contributed by atoms with Crippen LogP contribution in [0.3, 0.4) is 0 Å². The predicted molar refractivity (Wildman–Crippen MR) is 93.5 cm³/mol. The van der Waals surface area contributed by atoms with E-state index in [4.69, 9.17) is 4.74 Å². The SMILES string of the molecule is CCCCCCCC/C=C/CC(=O)Cc1ccccc1OC. The summed E-state index contributed by atoms with van der Waals surface area (Å²) >= 11 is 0. The van der Waals surface area contributed by atoms with Crippen molar-refractivity contribution in [3.05, 3.63) is 42.0 Å². The van der Waals surface area contributed by atoms with Gasteiger partial charge in [-0.25, -0.2) is 0 Å². The van der Waals surface area contributed by atoms with E-state index in [1.165, 1.54) is 38.5 Å². The molecule has 0 spiro atoms. The van der Waals surface area contributed by atoms with Gasteiger partial charge in [0.2, 0.25) is 0 Å². The zero-order chi connectivity index (χ0) is 16.0. The van der Waals surface area contributed by atoms with Gasteiger partial charge < -0.3 is 4.74 Å². The van der Waals surface area contributed by atoms with Gasteiger partial charge in [0, 0.05) is 18.4 Å². The average Bonchev–Trinajstić information content (AvgIpc) is 2.54. The average molecular weight is 302 g/mol. The van der Waals surface area contributed by atoms with Crippen molar-refractivity contribution in [2.24, 2.45) is 0 Å². The minimum absolute atomic E-state index is 0.240. The molecular weight excluding hydrogens is 272 g/mol. The summed E-state index contributed by atoms with van der Waals surface area (Å²) in [6, 6.07) is 7.72. The van der Waals surface area contributed by atoms with Crippen LogP contribution >= 0.6 is 0 Å². The molecule has 0 unspecified atom stereocenters. The number of methoxy groups -OCH3 is 1. The van der Waals surface area contributed by atoms with Gasteiger partial charge in [0.1, 0.15) is 11.5 Å². The highest BCUT2D eigenvalue weighted by molar-refractivity contribution is 5.82. The van der Waals surface area contributed by atoms with E-state index in [2.05, 4.69) is 13.0 Å². The Kier molecular flexibility index (Phi) is 10.1. The molecule has 0 saturated heterocycles. The molecule has 0 aliphatic carbocycles. The Morgan fingerprint density at radius 1 is 1.05 bits per heavy atom. The number of rotatable bonds is 12. The van der Waals surface area contributed by atoms with Crippen LogP contribution in [0.1, 0.15) is 63.9 Å². The van der Waals surface area contributed by atoms with E-state index in [0.29, 0.717) is 12.8 Å². The second-order valence-electron chi connectivity index (χ2n) is 5.76. The highest BCUT2D eigenvalue weighted by atomic mass is 16.5. The topological polar surface area (TPSA) is 26.3 Å². The molecule has 0 aliphatic heterocycles. The summed E-state index contributed by atoms with van der Waals surface area (Å²) in [6.45, 7) is 2.24. The maximum Gasteiger partial charge on any atom is 0.141 e. The molecule has 0 atom stereocenters. The number of carbonyl (C=O) groups excluding carboxylic acids is 1. The molecule has 2 nitrogen and oxygen atoms in total. The van der Waals surface area contributed by atoms with Crippen molar-refractivity contribution < 1.29 is 9.53 Å². The smallest absolute Gasteiger partial charge is 0.141 e. The van der Waals surface area contributed by atoms with Gasteiger partial charge in [-0.15, -0.1) is 0 Å². The van der Waals surface area contributed by atoms with Crippen LogP contribution in [0.2, 0.25) is 0 Å². The summed E-state index contributed by atoms with van der Waals surface area (Å²) in [5, 5.41) is 0. The monoisotopic (exact) mass is 302 g/mol. The van der Waals surface area contributed by atoms with Gasteiger partial charge in [0.15, 0.2) is 0 Å². The van der Waals surface area contributed by atoms with Crippen molar-refractivity contribution in [1.29, 1.82) is 0 Å². The molecule has 1 aromatic carbocycles. The van der Waals surface area contributed by atoms with Crippen LogP contribution in [0, 0.1) is 0 Å². The van der Waals surface area contributed by atoms with Crippen molar-refractivity contribution >= 4 is 5.78 Å². The van der Waals surface area contributed by atoms with Gasteiger partial charge in [0.25, 0.3) is 0 Å². The fourth-order valence-electron chi connectivity index (χ4n) is 2.51. The first-order valence-corrected chi connectivity index (χ1v) is 8.56. The quantitative estimate of drug-likeness (QED) is 0.376. The van der Waals surface area contributed by atoms with Crippen LogP contribution < -0.4 is 4.74 Å². The van der Waals surface area contributed by atoms with Gasteiger partial charge >= 0.3 is 0 Å². The van der Waals surface area contributed by atoms with Gasteiger partial charge in [-0.2, -0.15) is 0 Å². The highest BCUT2D eigenvalue weighted by Crippen LogP contribution is 2.18. The van der Waals surface area contributed by atoms with Gasteiger partial charge in [0.05, 0.1) is 7.11 Å². The van der Waals surface area contributed by atoms with E-state index >= 15 is 0 Å². The van der Waals surface area contributed by atoms with E-state index in [0.717, 1.165) is 17.7 Å². The summed E-state index contributed by atoms with van der Waals surface area (Å²) < 4.78 is 5.27. The molecular formula is C20H30O2. The predicted octanol–water partition coefficient (Wildman–Crippen LogP) is 5.50. The third-order valence-electron chi connectivity index (χ3n) is 3.82. The minimum atomic E-state index is 0.240. The van der Waals surface area contributed by atoms with Crippen molar-refractivity contribution in [2.75, 3.05) is 7.11 Å². The standard InChI is InChI=1S/C20H30O2/c1-3-4-5-6-7-8-9-10-11-15-19(21)17-18-14-12-13-16-20(18)22-2/h10-14,16H,3-9,15,17H2,1-2H3/b11-10+. The summed E-state index contributed by atoms with van der Waals surface area (Å²) in [6.07, 6.45) is 14.1. The maximum absolute atomic E-state index is 12.0. The zero-order valence-corrected chi connectivity index (χ0v) is 14.1. The number of hydrogen-bond donors (Lipinski definition) is 0. The first-order valence-electron chi connectivity index (χ1n) is 8.56. The number of benzene rings is 1. The number of allylic oxidation sites excluding steroid dienone is 2. The van der Waals surface area contributed by atoms with Crippen molar-refractivity contribution in [1.82, 2.24) is 0 Å². The minimum Gasteiger partial charge on any atom is -0.496 e. The van der Waals surface area contributed by atoms with Crippen LogP contribution in [0.15, 0.2) is 36.4 Å². The molecule has 1 aromatic rings. The van der Waals surface area contributed by atoms with E-state index in [-0.39, 0.29) is 5.78 Å². The molecule has 0 N–H and O–H groups in total. The second kappa shape index (κ2) is 12.0. The molecule has 0 bridgehead atoms. The fraction of sp³-hybridized carbons (Fsp3) is 0.550. The first kappa shape index (κ1) is 18.5. The number of carbonyl (C=O) groups is 1. The van der Waals surface area contributed by atoms with Crippen LogP contribution in [0.5, 0.6) is 5.75 Å². The molecule has 0 aromatic heterocycles. The lowest BCUT2D eigenvalue weighted by Crippen LogP contribution is -2.02. The van der Waals surface area contributed by atoms with Gasteiger partial charge in [-0.05, 0) is 18.9 Å². The lowest BCUT2D eigenvalue weighted by Gasteiger charge is -2.06. The lowest BCUT2D eigenvalue weighted by atomic mass is 10.1. The Bertz CT molecular complexity index is 449. The largest absolute Gasteiger partial charge is 0.496 e. The van der Waals surface area contributed by atoms with Crippen LogP contribution in [0.4, 0.5) is 0 Å². The van der Waals surface area contributed by atoms with E-state index in [1.807, 2.05) is 30.3 Å². The summed E-state index contributed by atoms with van der Waals surface area (Å²) in [4.78, 5) is 12.0. The van der Waals surface area contributed by atoms with Crippen LogP contribution in [-0.4, -0.2) is 12.9 Å². The fourth-order valence-corrected chi connectivity index (χ4v) is 2.51. The Labute approximate surface area is 135 Å². The zero-order valence-electron chi connectivity index (χ0n) is 14.1. The van der Waals surface area contributed by atoms with E-state index < -0.39 is 0 Å². The number of para-hydroxylation sites is 1. The van der Waals surface area contributed by atoms with Crippen molar-refractivity contribution in [3.63, 3.8) is 0 Å². The highest BCUT2D eigenvalue weighted by Gasteiger charge is 2.06. The lowest BCUT2D eigenvalue weighted by molar-refractivity contribution is -0.117. The Morgan fingerprint density at radius 3 is 2.55 bits per heavy atom. The van der Waals surface area contributed by atoms with Gasteiger partial charge in [-0.1, -0.05) is 69.4 Å². The molecule has 2 heteroatoms. The van der Waals surface area contributed by atoms with Crippen LogP contribution in [-0.2, 0) is 11.2 Å². The van der Waals surface area contributed by atoms with Crippen molar-refractivity contribution in [3.8, 4) is 5.75 Å². The molecule has 0 amide bonds. The molecule has 0 aliphatic rings. The second-order valence-corrected chi connectivity index (χ2v) is 5.76. The van der Waals surface area contributed by atoms with E-state index in [1.54, 1.807) is 7.11 Å². The third-order valence-corrected chi connectivity index (χ3v) is 3.82. The molecule has 0 saturated carbocycles. The molecule has 0 radical (unpaired) electrons. The first-order chi connectivity index (χ1) is 10.8. The van der Waals surface area contributed by atoms with Crippen LogP contribution in [0.25, 0.3) is 0 Å². The Morgan fingerprint density at radius 2 is 1.77 bits per heavy atom. The number of ketones is 1. The summed E-state index contributed by atoms with van der Waals surface area (Å²) in [5.41, 5.74) is 0.972. The molecule has 1 rings (SSSR count). The third kappa shape index (κ3) is 8.02. The summed E-state index contributed by atoms with van der Waals surface area (Å²) in [7, 11) is 1.64. The summed E-state index contributed by atoms with van der Waals surface area (Å²) in [5.74, 6) is 1.04. The number of unbranched alkanes of at least 4 members (excludes halogenated alkanes) is 6. The van der Waals surface area contributed by atoms with E-state index in [9.17, 15) is 4.79 Å². The molecule has 0 heterocycles. The Balaban J connectivity index is 2.16. The number of hydrogen-bond acceptors (Lipinski definition) is 2. The maximum atomic E-state index is 12.0. The normalized spacial score (nSPS) is 11.0.